The number of amides is 1. The van der Waals surface area contributed by atoms with Crippen molar-refractivity contribution >= 4 is 51.1 Å². The second kappa shape index (κ2) is 10.6. The zero-order valence-electron chi connectivity index (χ0n) is 18.3. The smallest absolute Gasteiger partial charge is 0.267 e. The van der Waals surface area contributed by atoms with Crippen LogP contribution in [-0.4, -0.2) is 41.5 Å². The number of carbonyl (C=O) groups is 1. The van der Waals surface area contributed by atoms with E-state index in [9.17, 15) is 9.90 Å². The van der Waals surface area contributed by atoms with Gasteiger partial charge in [-0.15, -0.1) is 5.10 Å². The van der Waals surface area contributed by atoms with E-state index in [1.807, 2.05) is 24.3 Å². The van der Waals surface area contributed by atoms with Crippen LogP contribution in [0, 0.1) is 0 Å². The van der Waals surface area contributed by atoms with Gasteiger partial charge in [0.15, 0.2) is 16.7 Å². The molecule has 0 saturated carbocycles. The van der Waals surface area contributed by atoms with Gasteiger partial charge in [-0.05, 0) is 65.4 Å². The lowest BCUT2D eigenvalue weighted by Crippen LogP contribution is -2.28. The van der Waals surface area contributed by atoms with E-state index >= 15 is 0 Å². The first-order valence-electron chi connectivity index (χ1n) is 10.0. The summed E-state index contributed by atoms with van der Waals surface area (Å²) < 4.78 is 16.8. The van der Waals surface area contributed by atoms with E-state index < -0.39 is 0 Å². The molecule has 4 rings (SSSR count). The molecule has 1 aromatic heterocycles. The fourth-order valence-corrected chi connectivity index (χ4v) is 4.51. The lowest BCUT2D eigenvalue weighted by molar-refractivity contribution is -0.122. The van der Waals surface area contributed by atoms with Crippen molar-refractivity contribution in [2.75, 3.05) is 14.2 Å². The average Bonchev–Trinajstić information content (AvgIpc) is 3.44. The number of amidine groups is 1. The average molecular weight is 542 g/mol. The number of carbonyl (C=O) groups excluding carboxylic acids is 1. The number of hydrogen-bond acceptors (Lipinski definition) is 8. The highest BCUT2D eigenvalue weighted by Crippen LogP contribution is 2.39. The fourth-order valence-electron chi connectivity index (χ4n) is 3.16. The summed E-state index contributed by atoms with van der Waals surface area (Å²) in [4.78, 5) is 15.2. The number of phenolic OH excluding ortho intramolecular Hbond substituents is 1. The Kier molecular flexibility index (Phi) is 7.39. The van der Waals surface area contributed by atoms with Crippen molar-refractivity contribution in [3.05, 3.63) is 81.1 Å². The number of phenols is 1. The number of hydrogen-bond donors (Lipinski definition) is 1. The van der Waals surface area contributed by atoms with Gasteiger partial charge in [-0.3, -0.25) is 9.69 Å². The van der Waals surface area contributed by atoms with E-state index in [1.54, 1.807) is 42.8 Å². The van der Waals surface area contributed by atoms with Crippen LogP contribution in [0.5, 0.6) is 17.2 Å². The van der Waals surface area contributed by atoms with Crippen LogP contribution in [0.25, 0.3) is 6.08 Å². The van der Waals surface area contributed by atoms with Gasteiger partial charge < -0.3 is 19.0 Å². The molecule has 8 nitrogen and oxygen atoms in total. The van der Waals surface area contributed by atoms with Crippen LogP contribution in [0.3, 0.4) is 0 Å². The molecular weight excluding hydrogens is 522 g/mol. The molecule has 1 amide bonds. The third-order valence-electron chi connectivity index (χ3n) is 4.78. The van der Waals surface area contributed by atoms with Gasteiger partial charge in [-0.1, -0.05) is 28.1 Å². The number of rotatable bonds is 7. The minimum Gasteiger partial charge on any atom is -0.502 e. The van der Waals surface area contributed by atoms with Gasteiger partial charge >= 0.3 is 0 Å². The van der Waals surface area contributed by atoms with Gasteiger partial charge in [0, 0.05) is 4.47 Å². The lowest BCUT2D eigenvalue weighted by atomic mass is 10.1. The summed E-state index contributed by atoms with van der Waals surface area (Å²) in [5.74, 6) is 0.736. The third kappa shape index (κ3) is 5.35. The monoisotopic (exact) mass is 541 g/mol. The number of aromatic hydroxyl groups is 1. The molecule has 0 spiro atoms. The molecule has 10 heteroatoms. The Morgan fingerprint density at radius 3 is 2.53 bits per heavy atom. The molecule has 1 aliphatic heterocycles. The van der Waals surface area contributed by atoms with E-state index in [2.05, 4.69) is 26.1 Å². The number of furan rings is 1. The molecule has 174 valence electrons. The molecule has 0 bridgehead atoms. The van der Waals surface area contributed by atoms with Crippen LogP contribution < -0.4 is 9.47 Å². The first-order chi connectivity index (χ1) is 16.5. The van der Waals surface area contributed by atoms with Crippen LogP contribution in [0.15, 0.2) is 78.8 Å². The standard InChI is InChI=1S/C24H20BrN3O5S/c1-31-19-10-16(11-20(32-2)22(19)29)12-21-23(30)28(14-18-7-4-8-33-18)24(34-21)27-26-13-15-5-3-6-17(25)9-15/h3-13,29H,14H2,1-2H3/b21-12-,26-13+,27-24-. The Hall–Kier alpha value is -3.50. The van der Waals surface area contributed by atoms with Crippen molar-refractivity contribution in [1.82, 2.24) is 4.90 Å². The summed E-state index contributed by atoms with van der Waals surface area (Å²) in [5.41, 5.74) is 1.49. The molecule has 1 saturated heterocycles. The maximum Gasteiger partial charge on any atom is 0.267 e. The van der Waals surface area contributed by atoms with Gasteiger partial charge in [0.25, 0.3) is 5.91 Å². The van der Waals surface area contributed by atoms with Crippen molar-refractivity contribution < 1.29 is 23.8 Å². The highest BCUT2D eigenvalue weighted by Gasteiger charge is 2.34. The first-order valence-corrected chi connectivity index (χ1v) is 11.6. The molecule has 1 N–H and O–H groups in total. The summed E-state index contributed by atoms with van der Waals surface area (Å²) in [5, 5.41) is 19.1. The van der Waals surface area contributed by atoms with Crippen molar-refractivity contribution in [2.45, 2.75) is 6.54 Å². The van der Waals surface area contributed by atoms with Gasteiger partial charge in [0.05, 0.1) is 38.1 Å². The zero-order chi connectivity index (χ0) is 24.1. The molecule has 1 aliphatic rings. The Balaban J connectivity index is 1.67. The van der Waals surface area contributed by atoms with E-state index in [0.717, 1.165) is 10.0 Å². The normalized spacial score (nSPS) is 16.2. The van der Waals surface area contributed by atoms with Crippen molar-refractivity contribution in [3.8, 4) is 17.2 Å². The van der Waals surface area contributed by atoms with Crippen LogP contribution >= 0.6 is 27.7 Å². The minimum atomic E-state index is -0.246. The van der Waals surface area contributed by atoms with Gasteiger partial charge in [-0.25, -0.2) is 0 Å². The Labute approximate surface area is 208 Å². The fraction of sp³-hybridized carbons (Fsp3) is 0.125. The molecule has 2 aromatic carbocycles. The molecule has 2 heterocycles. The maximum atomic E-state index is 13.2. The lowest BCUT2D eigenvalue weighted by Gasteiger charge is -2.12. The van der Waals surface area contributed by atoms with Crippen molar-refractivity contribution in [1.29, 1.82) is 0 Å². The number of benzene rings is 2. The largest absolute Gasteiger partial charge is 0.502 e. The Morgan fingerprint density at radius 2 is 1.88 bits per heavy atom. The first kappa shape index (κ1) is 23.7. The van der Waals surface area contributed by atoms with E-state index in [0.29, 0.717) is 21.4 Å². The van der Waals surface area contributed by atoms with E-state index in [1.165, 1.54) is 30.9 Å². The quantitative estimate of drug-likeness (QED) is 0.248. The Bertz CT molecular complexity index is 1260. The highest BCUT2D eigenvalue weighted by atomic mass is 79.9. The van der Waals surface area contributed by atoms with Crippen LogP contribution in [0.2, 0.25) is 0 Å². The second-order valence-electron chi connectivity index (χ2n) is 7.04. The molecular formula is C24H20BrN3O5S. The third-order valence-corrected chi connectivity index (χ3v) is 6.27. The van der Waals surface area contributed by atoms with E-state index in [-0.39, 0.29) is 29.7 Å². The maximum absolute atomic E-state index is 13.2. The molecule has 34 heavy (non-hydrogen) atoms. The molecule has 1 fully saturated rings. The predicted octanol–water partition coefficient (Wildman–Crippen LogP) is 5.27. The van der Waals surface area contributed by atoms with E-state index in [4.69, 9.17) is 13.9 Å². The summed E-state index contributed by atoms with van der Waals surface area (Å²) >= 11 is 4.62. The number of methoxy groups -OCH3 is 2. The molecule has 0 unspecified atom stereocenters. The van der Waals surface area contributed by atoms with Crippen LogP contribution in [0.4, 0.5) is 0 Å². The van der Waals surface area contributed by atoms with Crippen molar-refractivity contribution in [3.63, 3.8) is 0 Å². The molecule has 0 aliphatic carbocycles. The van der Waals surface area contributed by atoms with Gasteiger partial charge in [0.2, 0.25) is 5.75 Å². The summed E-state index contributed by atoms with van der Waals surface area (Å²) in [6.45, 7) is 0.212. The van der Waals surface area contributed by atoms with Gasteiger partial charge in [-0.2, -0.15) is 5.10 Å². The summed E-state index contributed by atoms with van der Waals surface area (Å²) in [7, 11) is 2.89. The summed E-state index contributed by atoms with van der Waals surface area (Å²) in [6, 6.07) is 14.4. The predicted molar refractivity (Wildman–Crippen MR) is 135 cm³/mol. The number of nitrogens with zero attached hydrogens (tertiary/aromatic N) is 3. The van der Waals surface area contributed by atoms with Crippen molar-refractivity contribution in [2.24, 2.45) is 10.2 Å². The Morgan fingerprint density at radius 1 is 1.12 bits per heavy atom. The summed E-state index contributed by atoms with van der Waals surface area (Å²) in [6.07, 6.45) is 4.86. The topological polar surface area (TPSA) is 96.9 Å². The number of ether oxygens (including phenoxy) is 2. The number of halogens is 1. The second-order valence-corrected chi connectivity index (χ2v) is 8.96. The van der Waals surface area contributed by atoms with Crippen LogP contribution in [-0.2, 0) is 11.3 Å². The molecule has 0 radical (unpaired) electrons. The SMILES string of the molecule is COc1cc(/C=C2\S/C(=N\N=C\c3cccc(Br)c3)N(Cc3ccco3)C2=O)cc(OC)c1O. The molecule has 3 aromatic rings. The van der Waals surface area contributed by atoms with Gasteiger partial charge in [0.1, 0.15) is 5.76 Å². The zero-order valence-corrected chi connectivity index (χ0v) is 20.7. The number of thioether (sulfide) groups is 1. The highest BCUT2D eigenvalue weighted by molar-refractivity contribution is 9.10. The van der Waals surface area contributed by atoms with Crippen LogP contribution in [0.1, 0.15) is 16.9 Å². The minimum absolute atomic E-state index is 0.110. The molecule has 0 atom stereocenters.